The second-order valence-corrected chi connectivity index (χ2v) is 9.54. The molecule has 0 aliphatic heterocycles. The lowest BCUT2D eigenvalue weighted by Crippen LogP contribution is -2.35. The van der Waals surface area contributed by atoms with Gasteiger partial charge in [-0.3, -0.25) is 0 Å². The topological polar surface area (TPSA) is 68.1 Å². The minimum atomic E-state index is -3.65. The van der Waals surface area contributed by atoms with Crippen molar-refractivity contribution in [3.8, 4) is 0 Å². The molecule has 0 bridgehead atoms. The summed E-state index contributed by atoms with van der Waals surface area (Å²) in [6, 6.07) is 14.6. The molecule has 2 aromatic carbocycles. The normalized spacial score (nSPS) is 13.2. The number of benzene rings is 2. The zero-order valence-electron chi connectivity index (χ0n) is 17.5. The minimum absolute atomic E-state index is 0.297. The van der Waals surface area contributed by atoms with Crippen molar-refractivity contribution in [1.82, 2.24) is 19.3 Å². The van der Waals surface area contributed by atoms with Gasteiger partial charge in [0.15, 0.2) is 0 Å². The molecular weight excluding hydrogens is 384 g/mol. The molecule has 3 rings (SSSR count). The predicted molar refractivity (Wildman–Crippen MR) is 116 cm³/mol. The van der Waals surface area contributed by atoms with Crippen LogP contribution in [-0.2, 0) is 10.0 Å². The third kappa shape index (κ3) is 4.85. The van der Waals surface area contributed by atoms with Crippen LogP contribution in [0.3, 0.4) is 0 Å². The fourth-order valence-corrected chi connectivity index (χ4v) is 4.86. The summed E-state index contributed by atoms with van der Waals surface area (Å²) in [4.78, 5) is 0.297. The summed E-state index contributed by atoms with van der Waals surface area (Å²) in [6.07, 6.45) is 5.83. The van der Waals surface area contributed by atoms with Gasteiger partial charge in [0, 0.05) is 7.05 Å². The van der Waals surface area contributed by atoms with E-state index in [1.165, 1.54) is 17.1 Å². The Hall–Kier alpha value is -2.25. The van der Waals surface area contributed by atoms with Gasteiger partial charge in [-0.2, -0.15) is 4.31 Å². The summed E-state index contributed by atoms with van der Waals surface area (Å²) in [5, 5.41) is 8.55. The number of hydrogen-bond donors (Lipinski definition) is 0. The van der Waals surface area contributed by atoms with Crippen LogP contribution < -0.4 is 0 Å². The Bertz CT molecular complexity index is 1030. The van der Waals surface area contributed by atoms with Gasteiger partial charge in [-0.1, -0.05) is 67.6 Å². The molecule has 0 saturated heterocycles. The average molecular weight is 415 g/mol. The number of nitrogens with zero attached hydrogens (tertiary/aromatic N) is 4. The lowest BCUT2D eigenvalue weighted by atomic mass is 10.1. The van der Waals surface area contributed by atoms with E-state index in [4.69, 9.17) is 0 Å². The summed E-state index contributed by atoms with van der Waals surface area (Å²) in [5.41, 5.74) is 2.64. The maximum Gasteiger partial charge on any atom is 0.244 e. The summed E-state index contributed by atoms with van der Waals surface area (Å²) < 4.78 is 29.8. The van der Waals surface area contributed by atoms with Crippen molar-refractivity contribution in [1.29, 1.82) is 0 Å². The first kappa shape index (κ1) is 21.5. The van der Waals surface area contributed by atoms with Crippen molar-refractivity contribution < 1.29 is 8.42 Å². The van der Waals surface area contributed by atoms with Gasteiger partial charge in [-0.15, -0.1) is 5.10 Å². The number of fused-ring (bicyclic) bond motifs is 1. The maximum atomic E-state index is 13.3. The van der Waals surface area contributed by atoms with Crippen molar-refractivity contribution >= 4 is 21.1 Å². The zero-order valence-corrected chi connectivity index (χ0v) is 18.3. The molecule has 0 fully saturated rings. The van der Waals surface area contributed by atoms with Crippen LogP contribution in [0, 0.1) is 6.92 Å². The smallest absolute Gasteiger partial charge is 0.226 e. The van der Waals surface area contributed by atoms with Crippen LogP contribution in [-0.4, -0.2) is 34.8 Å². The van der Waals surface area contributed by atoms with E-state index < -0.39 is 16.2 Å². The Morgan fingerprint density at radius 3 is 2.41 bits per heavy atom. The Balaban J connectivity index is 1.92. The lowest BCUT2D eigenvalue weighted by Gasteiger charge is -2.28. The molecular formula is C22H30N4O2S. The second-order valence-electron chi connectivity index (χ2n) is 7.54. The molecule has 1 heterocycles. The Labute approximate surface area is 173 Å². The first-order valence-corrected chi connectivity index (χ1v) is 11.7. The SMILES string of the molecule is CCCCCCCC(N(C)S(=O)(=O)c1ccc(C)cc1)n1nnc2ccccc21. The van der Waals surface area contributed by atoms with Crippen LogP contribution in [0.25, 0.3) is 11.0 Å². The highest BCUT2D eigenvalue weighted by molar-refractivity contribution is 7.89. The van der Waals surface area contributed by atoms with E-state index in [2.05, 4.69) is 17.2 Å². The first-order chi connectivity index (χ1) is 13.9. The summed E-state index contributed by atoms with van der Waals surface area (Å²) in [6.45, 7) is 4.13. The van der Waals surface area contributed by atoms with E-state index in [1.807, 2.05) is 43.3 Å². The molecule has 0 amide bonds. The van der Waals surface area contributed by atoms with E-state index >= 15 is 0 Å². The number of aryl methyl sites for hydroxylation is 1. The van der Waals surface area contributed by atoms with Crippen molar-refractivity contribution in [3.05, 3.63) is 54.1 Å². The van der Waals surface area contributed by atoms with Gasteiger partial charge in [0.25, 0.3) is 0 Å². The monoisotopic (exact) mass is 414 g/mol. The van der Waals surface area contributed by atoms with Gasteiger partial charge in [-0.25, -0.2) is 13.1 Å². The van der Waals surface area contributed by atoms with Crippen LogP contribution in [0.5, 0.6) is 0 Å². The quantitative estimate of drug-likeness (QED) is 0.442. The summed E-state index contributed by atoms with van der Waals surface area (Å²) in [5.74, 6) is 0. The third-order valence-electron chi connectivity index (χ3n) is 5.34. The van der Waals surface area contributed by atoms with E-state index in [1.54, 1.807) is 23.9 Å². The standard InChI is InChI=1S/C22H30N4O2S/c1-4-5-6-7-8-13-22(26-21-12-10-9-11-20(21)23-24-26)25(3)29(27,28)19-16-14-18(2)15-17-19/h9-12,14-17,22H,4-8,13H2,1-3H3. The molecule has 156 valence electrons. The van der Waals surface area contributed by atoms with Crippen molar-refractivity contribution in [3.63, 3.8) is 0 Å². The number of para-hydroxylation sites is 1. The minimum Gasteiger partial charge on any atom is -0.226 e. The van der Waals surface area contributed by atoms with Gasteiger partial charge in [-0.05, 0) is 44.0 Å². The van der Waals surface area contributed by atoms with Crippen molar-refractivity contribution in [2.75, 3.05) is 7.05 Å². The number of aromatic nitrogens is 3. The van der Waals surface area contributed by atoms with Crippen molar-refractivity contribution in [2.45, 2.75) is 63.4 Å². The molecule has 7 heteroatoms. The first-order valence-electron chi connectivity index (χ1n) is 10.3. The number of sulfonamides is 1. The predicted octanol–water partition coefficient (Wildman–Crippen LogP) is 4.92. The van der Waals surface area contributed by atoms with Crippen molar-refractivity contribution in [2.24, 2.45) is 0 Å². The summed E-state index contributed by atoms with van der Waals surface area (Å²) >= 11 is 0. The molecule has 3 aromatic rings. The van der Waals surface area contributed by atoms with E-state index in [9.17, 15) is 8.42 Å². The number of unbranched alkanes of at least 4 members (excludes halogenated alkanes) is 4. The van der Waals surface area contributed by atoms with Gasteiger partial charge >= 0.3 is 0 Å². The highest BCUT2D eigenvalue weighted by Crippen LogP contribution is 2.28. The molecule has 1 aromatic heterocycles. The molecule has 0 N–H and O–H groups in total. The average Bonchev–Trinajstić information content (AvgIpc) is 3.14. The largest absolute Gasteiger partial charge is 0.244 e. The number of rotatable bonds is 10. The van der Waals surface area contributed by atoms with Crippen LogP contribution >= 0.6 is 0 Å². The maximum absolute atomic E-state index is 13.3. The second kappa shape index (κ2) is 9.50. The number of hydrogen-bond acceptors (Lipinski definition) is 4. The lowest BCUT2D eigenvalue weighted by molar-refractivity contribution is 0.243. The van der Waals surface area contributed by atoms with E-state index in [0.717, 1.165) is 35.9 Å². The molecule has 0 spiro atoms. The molecule has 29 heavy (non-hydrogen) atoms. The van der Waals surface area contributed by atoms with Gasteiger partial charge in [0.2, 0.25) is 10.0 Å². The molecule has 1 unspecified atom stereocenters. The van der Waals surface area contributed by atoms with Gasteiger partial charge < -0.3 is 0 Å². The van der Waals surface area contributed by atoms with Gasteiger partial charge in [0.1, 0.15) is 11.7 Å². The fourth-order valence-electron chi connectivity index (χ4n) is 3.53. The van der Waals surface area contributed by atoms with Gasteiger partial charge in [0.05, 0.1) is 10.4 Å². The molecule has 1 atom stereocenters. The van der Waals surface area contributed by atoms with E-state index in [0.29, 0.717) is 11.3 Å². The Kier molecular flexibility index (Phi) is 7.03. The molecule has 0 radical (unpaired) electrons. The van der Waals surface area contributed by atoms with Crippen LogP contribution in [0.4, 0.5) is 0 Å². The molecule has 0 aliphatic rings. The molecule has 0 saturated carbocycles. The summed E-state index contributed by atoms with van der Waals surface area (Å²) in [7, 11) is -2.01. The Morgan fingerprint density at radius 2 is 1.69 bits per heavy atom. The van der Waals surface area contributed by atoms with Crippen LogP contribution in [0.1, 0.15) is 57.2 Å². The highest BCUT2D eigenvalue weighted by atomic mass is 32.2. The highest BCUT2D eigenvalue weighted by Gasteiger charge is 2.30. The third-order valence-corrected chi connectivity index (χ3v) is 7.21. The van der Waals surface area contributed by atoms with E-state index in [-0.39, 0.29) is 0 Å². The van der Waals surface area contributed by atoms with Crippen LogP contribution in [0.2, 0.25) is 0 Å². The zero-order chi connectivity index (χ0) is 20.9. The molecule has 6 nitrogen and oxygen atoms in total. The molecule has 0 aliphatic carbocycles. The Morgan fingerprint density at radius 1 is 1.00 bits per heavy atom. The fraction of sp³-hybridized carbons (Fsp3) is 0.455. The van der Waals surface area contributed by atoms with Crippen LogP contribution in [0.15, 0.2) is 53.4 Å².